The maximum atomic E-state index is 11.8. The summed E-state index contributed by atoms with van der Waals surface area (Å²) >= 11 is 0. The van der Waals surface area contributed by atoms with E-state index in [0.717, 1.165) is 0 Å². The van der Waals surface area contributed by atoms with Crippen molar-refractivity contribution in [2.24, 2.45) is 0 Å². The number of hydrogen-bond acceptors (Lipinski definition) is 5. The Bertz CT molecular complexity index is 340. The number of carbonyl (C=O) groups is 1. The number of carbonyl (C=O) groups excluding carboxylic acids is 1. The predicted molar refractivity (Wildman–Crippen MR) is 57.4 cm³/mol. The van der Waals surface area contributed by atoms with Crippen LogP contribution in [0.1, 0.15) is 13.3 Å². The van der Waals surface area contributed by atoms with Gasteiger partial charge in [0.25, 0.3) is 0 Å². The average molecular weight is 251 g/mol. The molecule has 0 N–H and O–H groups in total. The first-order valence-corrected chi connectivity index (χ1v) is 6.79. The zero-order valence-electron chi connectivity index (χ0n) is 9.51. The van der Waals surface area contributed by atoms with Gasteiger partial charge in [0.15, 0.2) is 6.10 Å². The number of rotatable bonds is 4. The first kappa shape index (κ1) is 13.4. The third-order valence-corrected chi connectivity index (χ3v) is 4.39. The third-order valence-electron chi connectivity index (χ3n) is 2.35. The summed E-state index contributed by atoms with van der Waals surface area (Å²) in [6.45, 7) is 2.38. The fourth-order valence-corrected chi connectivity index (χ4v) is 3.03. The van der Waals surface area contributed by atoms with Gasteiger partial charge in [0, 0.05) is 6.54 Å². The van der Waals surface area contributed by atoms with Gasteiger partial charge in [-0.1, -0.05) is 6.92 Å². The van der Waals surface area contributed by atoms with Crippen molar-refractivity contribution in [2.75, 3.05) is 32.6 Å². The molecule has 0 aromatic heterocycles. The highest BCUT2D eigenvalue weighted by Crippen LogP contribution is 2.12. The first-order chi connectivity index (χ1) is 7.51. The Kier molecular flexibility index (Phi) is 4.69. The van der Waals surface area contributed by atoms with E-state index in [9.17, 15) is 13.2 Å². The van der Waals surface area contributed by atoms with E-state index >= 15 is 0 Å². The molecule has 0 bridgehead atoms. The molecule has 1 unspecified atom stereocenters. The second-order valence-electron chi connectivity index (χ2n) is 3.56. The van der Waals surface area contributed by atoms with Crippen LogP contribution in [0.3, 0.4) is 0 Å². The van der Waals surface area contributed by atoms with Gasteiger partial charge < -0.3 is 9.47 Å². The second-order valence-corrected chi connectivity index (χ2v) is 5.65. The molecule has 0 radical (unpaired) electrons. The van der Waals surface area contributed by atoms with Crippen LogP contribution in [-0.4, -0.2) is 57.4 Å². The summed E-state index contributed by atoms with van der Waals surface area (Å²) < 4.78 is 34.5. The summed E-state index contributed by atoms with van der Waals surface area (Å²) in [5, 5.41) is 0. The molecule has 0 aromatic carbocycles. The van der Waals surface area contributed by atoms with Crippen molar-refractivity contribution in [3.05, 3.63) is 0 Å². The van der Waals surface area contributed by atoms with Crippen LogP contribution in [0, 0.1) is 0 Å². The van der Waals surface area contributed by atoms with E-state index in [1.54, 1.807) is 6.92 Å². The minimum atomic E-state index is -3.26. The molecule has 1 rings (SSSR count). The number of sulfonamides is 1. The maximum absolute atomic E-state index is 11.8. The Hall–Kier alpha value is -0.660. The van der Waals surface area contributed by atoms with Crippen LogP contribution in [0.5, 0.6) is 0 Å². The van der Waals surface area contributed by atoms with Crippen LogP contribution in [0.25, 0.3) is 0 Å². The molecule has 0 amide bonds. The highest BCUT2D eigenvalue weighted by molar-refractivity contribution is 7.89. The molecule has 1 aliphatic heterocycles. The minimum absolute atomic E-state index is 0.0506. The van der Waals surface area contributed by atoms with Gasteiger partial charge in [0.2, 0.25) is 10.0 Å². The highest BCUT2D eigenvalue weighted by Gasteiger charge is 2.33. The van der Waals surface area contributed by atoms with Crippen molar-refractivity contribution < 1.29 is 22.7 Å². The van der Waals surface area contributed by atoms with Gasteiger partial charge >= 0.3 is 5.97 Å². The van der Waals surface area contributed by atoms with E-state index in [-0.39, 0.29) is 18.9 Å². The van der Waals surface area contributed by atoms with Crippen LogP contribution >= 0.6 is 0 Å². The highest BCUT2D eigenvalue weighted by atomic mass is 32.2. The fraction of sp³-hybridized carbons (Fsp3) is 0.889. The van der Waals surface area contributed by atoms with Crippen LogP contribution in [0.4, 0.5) is 0 Å². The molecule has 1 fully saturated rings. The maximum Gasteiger partial charge on any atom is 0.336 e. The van der Waals surface area contributed by atoms with E-state index in [1.165, 1.54) is 11.4 Å². The van der Waals surface area contributed by atoms with Gasteiger partial charge in [0.1, 0.15) is 0 Å². The molecule has 1 aliphatic rings. The van der Waals surface area contributed by atoms with E-state index < -0.39 is 22.1 Å². The molecule has 0 aromatic rings. The lowest BCUT2D eigenvalue weighted by atomic mass is 10.3. The Morgan fingerprint density at radius 1 is 1.56 bits per heavy atom. The topological polar surface area (TPSA) is 72.9 Å². The largest absolute Gasteiger partial charge is 0.467 e. The van der Waals surface area contributed by atoms with Gasteiger partial charge in [-0.25, -0.2) is 13.2 Å². The standard InChI is InChI=1S/C9H17NO5S/c1-3-6-16(12,13)10-4-5-15-8(7-10)9(11)14-2/h8H,3-7H2,1-2H3. The molecule has 7 heteroatoms. The first-order valence-electron chi connectivity index (χ1n) is 5.18. The van der Waals surface area contributed by atoms with Crippen molar-refractivity contribution in [1.29, 1.82) is 0 Å². The summed E-state index contributed by atoms with van der Waals surface area (Å²) in [5.41, 5.74) is 0. The van der Waals surface area contributed by atoms with Crippen molar-refractivity contribution in [1.82, 2.24) is 4.31 Å². The van der Waals surface area contributed by atoms with E-state index in [0.29, 0.717) is 13.0 Å². The van der Waals surface area contributed by atoms with E-state index in [2.05, 4.69) is 4.74 Å². The molecule has 6 nitrogen and oxygen atoms in total. The smallest absolute Gasteiger partial charge is 0.336 e. The summed E-state index contributed by atoms with van der Waals surface area (Å²) in [6, 6.07) is 0. The molecule has 94 valence electrons. The average Bonchev–Trinajstić information content (AvgIpc) is 2.28. The van der Waals surface area contributed by atoms with Crippen molar-refractivity contribution >= 4 is 16.0 Å². The predicted octanol–water partition coefficient (Wildman–Crippen LogP) is -0.400. The monoisotopic (exact) mass is 251 g/mol. The number of ether oxygens (including phenoxy) is 2. The van der Waals surface area contributed by atoms with Crippen LogP contribution in [0.15, 0.2) is 0 Å². The molecule has 1 heterocycles. The van der Waals surface area contributed by atoms with Crippen molar-refractivity contribution in [3.63, 3.8) is 0 Å². The fourth-order valence-electron chi connectivity index (χ4n) is 1.54. The number of morpholine rings is 1. The SMILES string of the molecule is CCCS(=O)(=O)N1CCOC(C(=O)OC)C1. The van der Waals surface area contributed by atoms with Gasteiger partial charge in [-0.05, 0) is 6.42 Å². The lowest BCUT2D eigenvalue weighted by Crippen LogP contribution is -2.49. The number of methoxy groups -OCH3 is 1. The van der Waals surface area contributed by atoms with E-state index in [4.69, 9.17) is 4.74 Å². The summed E-state index contributed by atoms with van der Waals surface area (Å²) in [4.78, 5) is 11.2. The van der Waals surface area contributed by atoms with Crippen molar-refractivity contribution in [3.8, 4) is 0 Å². The molecular weight excluding hydrogens is 234 g/mol. The molecule has 1 atom stereocenters. The van der Waals surface area contributed by atoms with Gasteiger partial charge in [-0.15, -0.1) is 0 Å². The molecule has 16 heavy (non-hydrogen) atoms. The summed E-state index contributed by atoms with van der Waals surface area (Å²) in [6.07, 6.45) is -0.242. The second kappa shape index (κ2) is 5.60. The number of nitrogens with zero attached hydrogens (tertiary/aromatic N) is 1. The van der Waals surface area contributed by atoms with Gasteiger partial charge in [0.05, 0.1) is 26.0 Å². The van der Waals surface area contributed by atoms with Crippen LogP contribution in [0.2, 0.25) is 0 Å². The molecule has 0 spiro atoms. The van der Waals surface area contributed by atoms with Gasteiger partial charge in [-0.2, -0.15) is 4.31 Å². The van der Waals surface area contributed by atoms with Crippen LogP contribution < -0.4 is 0 Å². The quantitative estimate of drug-likeness (QED) is 0.636. The Labute approximate surface area is 95.6 Å². The lowest BCUT2D eigenvalue weighted by molar-refractivity contribution is -0.157. The molecule has 1 saturated heterocycles. The van der Waals surface area contributed by atoms with Crippen LogP contribution in [-0.2, 0) is 24.3 Å². The minimum Gasteiger partial charge on any atom is -0.467 e. The normalized spacial score (nSPS) is 23.0. The summed E-state index contributed by atoms with van der Waals surface area (Å²) in [7, 11) is -2.01. The Morgan fingerprint density at radius 3 is 2.81 bits per heavy atom. The lowest BCUT2D eigenvalue weighted by Gasteiger charge is -2.30. The number of hydrogen-bond donors (Lipinski definition) is 0. The third kappa shape index (κ3) is 3.16. The van der Waals surface area contributed by atoms with Gasteiger partial charge in [-0.3, -0.25) is 0 Å². The summed E-state index contributed by atoms with van der Waals surface area (Å²) in [5.74, 6) is -0.433. The Morgan fingerprint density at radius 2 is 2.25 bits per heavy atom. The number of esters is 1. The molecule has 0 aliphatic carbocycles. The zero-order valence-corrected chi connectivity index (χ0v) is 10.3. The van der Waals surface area contributed by atoms with Crippen molar-refractivity contribution in [2.45, 2.75) is 19.4 Å². The molecule has 0 saturated carbocycles. The molecular formula is C9H17NO5S. The van der Waals surface area contributed by atoms with E-state index in [1.807, 2.05) is 0 Å². The Balaban J connectivity index is 2.67. The zero-order chi connectivity index (χ0) is 12.2.